The van der Waals surface area contributed by atoms with Crippen molar-refractivity contribution in [2.24, 2.45) is 0 Å². The van der Waals surface area contributed by atoms with Crippen LogP contribution in [0.4, 0.5) is 0 Å². The Kier molecular flexibility index (Phi) is 3.98. The summed E-state index contributed by atoms with van der Waals surface area (Å²) in [7, 11) is 0. The van der Waals surface area contributed by atoms with Crippen molar-refractivity contribution in [3.63, 3.8) is 0 Å². The van der Waals surface area contributed by atoms with E-state index in [2.05, 4.69) is 5.32 Å². The van der Waals surface area contributed by atoms with Gasteiger partial charge >= 0.3 is 0 Å². The second-order valence-electron chi connectivity index (χ2n) is 3.67. The standard InChI is InChI=1S/C13H13NO4/c15-12(10-5-7-17-9-10)8-14-13(16)4-3-11-2-1-6-18-11/h1-7,9,12,15H,8H2,(H,14,16)/b4-3+/t12-/m1/s1. The predicted octanol–water partition coefficient (Wildman–Crippen LogP) is 1.74. The van der Waals surface area contributed by atoms with Crippen molar-refractivity contribution >= 4 is 12.0 Å². The number of rotatable bonds is 5. The van der Waals surface area contributed by atoms with Gasteiger partial charge in [0.15, 0.2) is 0 Å². The van der Waals surface area contributed by atoms with Crippen LogP contribution in [0.1, 0.15) is 17.4 Å². The second kappa shape index (κ2) is 5.88. The zero-order valence-corrected chi connectivity index (χ0v) is 9.58. The molecule has 0 bridgehead atoms. The fourth-order valence-corrected chi connectivity index (χ4v) is 1.38. The maximum absolute atomic E-state index is 11.4. The lowest BCUT2D eigenvalue weighted by Gasteiger charge is -2.08. The predicted molar refractivity (Wildman–Crippen MR) is 64.4 cm³/mol. The number of nitrogens with one attached hydrogen (secondary N) is 1. The van der Waals surface area contributed by atoms with Crippen molar-refractivity contribution in [3.05, 3.63) is 54.4 Å². The van der Waals surface area contributed by atoms with Gasteiger partial charge in [-0.25, -0.2) is 0 Å². The van der Waals surface area contributed by atoms with Gasteiger partial charge in [-0.1, -0.05) is 0 Å². The molecule has 1 amide bonds. The molecule has 94 valence electrons. The van der Waals surface area contributed by atoms with Crippen LogP contribution in [0, 0.1) is 0 Å². The van der Waals surface area contributed by atoms with Crippen LogP contribution in [0.3, 0.4) is 0 Å². The van der Waals surface area contributed by atoms with Crippen molar-refractivity contribution in [2.45, 2.75) is 6.10 Å². The lowest BCUT2D eigenvalue weighted by molar-refractivity contribution is -0.116. The quantitative estimate of drug-likeness (QED) is 0.789. The van der Waals surface area contributed by atoms with E-state index in [1.54, 1.807) is 24.3 Å². The second-order valence-corrected chi connectivity index (χ2v) is 3.67. The first-order valence-corrected chi connectivity index (χ1v) is 5.45. The molecule has 0 aromatic carbocycles. The molecule has 0 aliphatic rings. The molecule has 0 radical (unpaired) electrons. The Morgan fingerprint density at radius 2 is 2.33 bits per heavy atom. The molecule has 0 spiro atoms. The van der Waals surface area contributed by atoms with Gasteiger partial charge in [0, 0.05) is 18.2 Å². The van der Waals surface area contributed by atoms with Gasteiger partial charge in [-0.2, -0.15) is 0 Å². The van der Waals surface area contributed by atoms with Crippen LogP contribution in [0.25, 0.3) is 6.08 Å². The van der Waals surface area contributed by atoms with Crippen molar-refractivity contribution in [1.82, 2.24) is 5.32 Å². The third kappa shape index (κ3) is 3.36. The Labute approximate surface area is 104 Å². The maximum Gasteiger partial charge on any atom is 0.244 e. The minimum Gasteiger partial charge on any atom is -0.472 e. The van der Waals surface area contributed by atoms with E-state index in [0.717, 1.165) is 0 Å². The van der Waals surface area contributed by atoms with Crippen LogP contribution in [-0.2, 0) is 4.79 Å². The number of hydrogen-bond donors (Lipinski definition) is 2. The molecule has 2 rings (SSSR count). The van der Waals surface area contributed by atoms with Crippen molar-refractivity contribution < 1.29 is 18.7 Å². The summed E-state index contributed by atoms with van der Waals surface area (Å²) in [5.74, 6) is 0.300. The van der Waals surface area contributed by atoms with E-state index in [4.69, 9.17) is 8.83 Å². The molecule has 2 N–H and O–H groups in total. The zero-order chi connectivity index (χ0) is 12.8. The molecule has 5 heteroatoms. The first-order valence-electron chi connectivity index (χ1n) is 5.45. The van der Waals surface area contributed by atoms with Gasteiger partial charge in [0.2, 0.25) is 5.91 Å². The highest BCUT2D eigenvalue weighted by Gasteiger charge is 2.09. The number of amides is 1. The van der Waals surface area contributed by atoms with Gasteiger partial charge in [-0.15, -0.1) is 0 Å². The normalized spacial score (nSPS) is 12.7. The summed E-state index contributed by atoms with van der Waals surface area (Å²) in [6, 6.07) is 5.12. The number of aliphatic hydroxyl groups excluding tert-OH is 1. The molecule has 18 heavy (non-hydrogen) atoms. The monoisotopic (exact) mass is 247 g/mol. The van der Waals surface area contributed by atoms with E-state index < -0.39 is 6.10 Å². The van der Waals surface area contributed by atoms with Gasteiger partial charge < -0.3 is 19.3 Å². The summed E-state index contributed by atoms with van der Waals surface area (Å²) in [6.07, 6.45) is 6.57. The third-order valence-corrected chi connectivity index (χ3v) is 2.34. The topological polar surface area (TPSA) is 75.6 Å². The molecule has 2 aromatic rings. The minimum atomic E-state index is -0.773. The van der Waals surface area contributed by atoms with Gasteiger partial charge in [-0.05, 0) is 24.3 Å². The molecular weight excluding hydrogens is 234 g/mol. The van der Waals surface area contributed by atoms with E-state index in [1.165, 1.54) is 24.9 Å². The fourth-order valence-electron chi connectivity index (χ4n) is 1.38. The molecule has 2 heterocycles. The summed E-state index contributed by atoms with van der Waals surface area (Å²) < 4.78 is 9.88. The molecule has 1 atom stereocenters. The smallest absolute Gasteiger partial charge is 0.244 e. The van der Waals surface area contributed by atoms with Crippen LogP contribution in [0.2, 0.25) is 0 Å². The summed E-state index contributed by atoms with van der Waals surface area (Å²) in [6.45, 7) is 0.126. The van der Waals surface area contributed by atoms with E-state index in [0.29, 0.717) is 11.3 Å². The maximum atomic E-state index is 11.4. The highest BCUT2D eigenvalue weighted by Crippen LogP contribution is 2.11. The summed E-state index contributed by atoms with van der Waals surface area (Å²) in [5.41, 5.74) is 0.630. The molecule has 0 saturated heterocycles. The Balaban J connectivity index is 1.78. The fraction of sp³-hybridized carbons (Fsp3) is 0.154. The summed E-state index contributed by atoms with van der Waals surface area (Å²) in [4.78, 5) is 11.4. The Bertz CT molecular complexity index is 499. The van der Waals surface area contributed by atoms with Crippen LogP contribution >= 0.6 is 0 Å². The molecule has 0 aliphatic carbocycles. The average molecular weight is 247 g/mol. The first-order chi connectivity index (χ1) is 8.75. The Hall–Kier alpha value is -2.27. The van der Waals surface area contributed by atoms with Crippen LogP contribution in [0.5, 0.6) is 0 Å². The minimum absolute atomic E-state index is 0.126. The number of carbonyl (C=O) groups is 1. The molecular formula is C13H13NO4. The van der Waals surface area contributed by atoms with E-state index in [9.17, 15) is 9.90 Å². The molecule has 0 aliphatic heterocycles. The van der Waals surface area contributed by atoms with Gasteiger partial charge in [-0.3, -0.25) is 4.79 Å². The van der Waals surface area contributed by atoms with Gasteiger partial charge in [0.25, 0.3) is 0 Å². The molecule has 0 fully saturated rings. The van der Waals surface area contributed by atoms with Gasteiger partial charge in [0.1, 0.15) is 5.76 Å². The first kappa shape index (κ1) is 12.2. The van der Waals surface area contributed by atoms with Gasteiger partial charge in [0.05, 0.1) is 24.9 Å². The SMILES string of the molecule is O=C(/C=C/c1ccco1)NC[C@@H](O)c1ccoc1. The summed E-state index contributed by atoms with van der Waals surface area (Å²) >= 11 is 0. The molecule has 2 aromatic heterocycles. The van der Waals surface area contributed by atoms with Crippen molar-refractivity contribution in [3.8, 4) is 0 Å². The highest BCUT2D eigenvalue weighted by molar-refractivity contribution is 5.91. The number of furan rings is 2. The van der Waals surface area contributed by atoms with Crippen LogP contribution in [0.15, 0.2) is 51.9 Å². The third-order valence-electron chi connectivity index (χ3n) is 2.34. The van der Waals surface area contributed by atoms with E-state index in [1.807, 2.05) is 0 Å². The largest absolute Gasteiger partial charge is 0.472 e. The van der Waals surface area contributed by atoms with E-state index in [-0.39, 0.29) is 12.5 Å². The zero-order valence-electron chi connectivity index (χ0n) is 9.58. The molecule has 0 unspecified atom stereocenters. The van der Waals surface area contributed by atoms with Crippen molar-refractivity contribution in [2.75, 3.05) is 6.54 Å². The van der Waals surface area contributed by atoms with E-state index >= 15 is 0 Å². The lowest BCUT2D eigenvalue weighted by Crippen LogP contribution is -2.26. The van der Waals surface area contributed by atoms with Crippen LogP contribution in [-0.4, -0.2) is 17.6 Å². The average Bonchev–Trinajstić information content (AvgIpc) is 3.05. The number of carbonyl (C=O) groups excluding carboxylic acids is 1. The highest BCUT2D eigenvalue weighted by atomic mass is 16.3. The molecule has 0 saturated carbocycles. The number of aliphatic hydroxyl groups is 1. The lowest BCUT2D eigenvalue weighted by atomic mass is 10.2. The summed E-state index contributed by atoms with van der Waals surface area (Å²) in [5, 5.41) is 12.3. The molecule has 5 nitrogen and oxygen atoms in total. The Morgan fingerprint density at radius 3 is 3.00 bits per heavy atom. The van der Waals surface area contributed by atoms with Crippen LogP contribution < -0.4 is 5.32 Å². The number of hydrogen-bond acceptors (Lipinski definition) is 4. The van der Waals surface area contributed by atoms with Crippen molar-refractivity contribution in [1.29, 1.82) is 0 Å². The Morgan fingerprint density at radius 1 is 1.44 bits per heavy atom.